The normalized spacial score (nSPS) is 15.0. The molecule has 2 amide bonds. The summed E-state index contributed by atoms with van der Waals surface area (Å²) in [5, 5.41) is 12.8. The number of carbonyl (C=O) groups is 3. The molecule has 0 spiro atoms. The largest absolute Gasteiger partial charge is 0.444 e. The number of piperazine rings is 2. The minimum Gasteiger partial charge on any atom is -0.444 e. The van der Waals surface area contributed by atoms with Crippen LogP contribution >= 0.6 is 23.2 Å². The molecule has 0 aliphatic carbocycles. The number of hydrogen-bond donors (Lipinski definition) is 1. The summed E-state index contributed by atoms with van der Waals surface area (Å²) in [5.74, 6) is 0. The van der Waals surface area contributed by atoms with Crippen molar-refractivity contribution >= 4 is 41.7 Å². The summed E-state index contributed by atoms with van der Waals surface area (Å²) < 4.78 is 14.1. The second kappa shape index (κ2) is 19.1. The van der Waals surface area contributed by atoms with Crippen LogP contribution in [-0.4, -0.2) is 116 Å². The van der Waals surface area contributed by atoms with Crippen LogP contribution in [0, 0.1) is 0 Å². The molecule has 0 atom stereocenters. The van der Waals surface area contributed by atoms with E-state index in [1.165, 1.54) is 0 Å². The lowest BCUT2D eigenvalue weighted by atomic mass is 10.1. The minimum absolute atomic E-state index is 0.200. The maximum atomic E-state index is 12.2. The Morgan fingerprint density at radius 3 is 1.72 bits per heavy atom. The summed E-state index contributed by atoms with van der Waals surface area (Å²) in [6.07, 6.45) is 7.43. The van der Waals surface area contributed by atoms with Gasteiger partial charge in [-0.05, 0) is 89.6 Å². The van der Waals surface area contributed by atoms with Crippen LogP contribution in [-0.2, 0) is 16.0 Å². The van der Waals surface area contributed by atoms with Crippen LogP contribution in [0.3, 0.4) is 0 Å². The van der Waals surface area contributed by atoms with Gasteiger partial charge in [0.15, 0.2) is 6.29 Å². The molecule has 286 valence electrons. The van der Waals surface area contributed by atoms with Crippen LogP contribution in [0.5, 0.6) is 0 Å². The fraction of sp³-hybridized carbons (Fsp3) is 0.447. The molecule has 2 saturated heterocycles. The second-order valence-electron chi connectivity index (χ2n) is 14.5. The summed E-state index contributed by atoms with van der Waals surface area (Å²) in [6, 6.07) is 14.6. The van der Waals surface area contributed by atoms with Crippen molar-refractivity contribution in [1.29, 1.82) is 0 Å². The highest BCUT2D eigenvalue weighted by Gasteiger charge is 2.26. The molecule has 53 heavy (non-hydrogen) atoms. The van der Waals surface area contributed by atoms with Gasteiger partial charge in [0, 0.05) is 99.3 Å². The van der Waals surface area contributed by atoms with Gasteiger partial charge in [0.1, 0.15) is 11.2 Å². The molecule has 0 unspecified atom stereocenters. The molecule has 0 radical (unpaired) electrons. The van der Waals surface area contributed by atoms with Gasteiger partial charge in [0.25, 0.3) is 0 Å². The van der Waals surface area contributed by atoms with Crippen molar-refractivity contribution in [3.05, 3.63) is 94.5 Å². The summed E-state index contributed by atoms with van der Waals surface area (Å²) in [6.45, 7) is 18.2. The first-order chi connectivity index (χ1) is 25.1. The highest BCUT2D eigenvalue weighted by atomic mass is 35.5. The quantitative estimate of drug-likeness (QED) is 0.220. The fourth-order valence-corrected chi connectivity index (χ4v) is 5.68. The molecule has 0 saturated carbocycles. The number of ether oxygens (including phenoxy) is 2. The van der Waals surface area contributed by atoms with Crippen molar-refractivity contribution in [3.8, 4) is 11.4 Å². The summed E-state index contributed by atoms with van der Waals surface area (Å²) in [4.78, 5) is 40.3. The lowest BCUT2D eigenvalue weighted by molar-refractivity contribution is 0.0138. The molecule has 0 bridgehead atoms. The maximum absolute atomic E-state index is 12.2. The number of hydrogen-bond acceptors (Lipinski definition) is 9. The highest BCUT2D eigenvalue weighted by molar-refractivity contribution is 6.31. The van der Waals surface area contributed by atoms with E-state index < -0.39 is 5.60 Å². The van der Waals surface area contributed by atoms with Gasteiger partial charge in [-0.1, -0.05) is 29.3 Å². The van der Waals surface area contributed by atoms with Crippen molar-refractivity contribution in [2.45, 2.75) is 59.3 Å². The molecule has 4 aromatic rings. The van der Waals surface area contributed by atoms with Gasteiger partial charge in [-0.25, -0.2) is 19.0 Å². The van der Waals surface area contributed by atoms with E-state index in [0.717, 1.165) is 63.4 Å². The molecule has 2 aliphatic heterocycles. The Kier molecular flexibility index (Phi) is 14.9. The van der Waals surface area contributed by atoms with Crippen molar-refractivity contribution in [1.82, 2.24) is 39.6 Å². The monoisotopic (exact) mass is 768 g/mol. The number of rotatable bonds is 5. The van der Waals surface area contributed by atoms with Crippen LogP contribution < -0.4 is 5.32 Å². The van der Waals surface area contributed by atoms with Crippen molar-refractivity contribution in [2.75, 3.05) is 52.4 Å². The predicted octanol–water partition coefficient (Wildman–Crippen LogP) is 6.74. The summed E-state index contributed by atoms with van der Waals surface area (Å²) >= 11 is 12.0. The van der Waals surface area contributed by atoms with Crippen LogP contribution in [0.2, 0.25) is 10.0 Å². The van der Waals surface area contributed by atoms with Crippen LogP contribution in [0.25, 0.3) is 11.4 Å². The fourth-order valence-electron chi connectivity index (χ4n) is 5.35. The number of carbonyl (C=O) groups excluding carboxylic acids is 3. The van der Waals surface area contributed by atoms with Gasteiger partial charge >= 0.3 is 12.2 Å². The van der Waals surface area contributed by atoms with Gasteiger partial charge in [0.05, 0.1) is 11.4 Å². The van der Waals surface area contributed by atoms with Crippen LogP contribution in [0.15, 0.2) is 73.3 Å². The molecule has 2 aromatic heterocycles. The zero-order chi connectivity index (χ0) is 38.6. The minimum atomic E-state index is -0.462. The van der Waals surface area contributed by atoms with E-state index in [9.17, 15) is 14.4 Å². The molecule has 4 heterocycles. The van der Waals surface area contributed by atoms with Crippen LogP contribution in [0.4, 0.5) is 9.59 Å². The Balaban J connectivity index is 0.000000196. The lowest BCUT2D eigenvalue weighted by Crippen LogP contribution is -2.49. The molecular formula is C38H50Cl2N8O5. The third kappa shape index (κ3) is 13.5. The van der Waals surface area contributed by atoms with E-state index in [0.29, 0.717) is 34.4 Å². The first kappa shape index (κ1) is 41.3. The Morgan fingerprint density at radius 2 is 1.23 bits per heavy atom. The number of benzene rings is 2. The number of amides is 2. The molecular weight excluding hydrogens is 719 g/mol. The third-order valence-corrected chi connectivity index (χ3v) is 8.33. The smallest absolute Gasteiger partial charge is 0.410 e. The van der Waals surface area contributed by atoms with Gasteiger partial charge in [-0.3, -0.25) is 9.69 Å². The number of nitrogens with one attached hydrogen (secondary N) is 1. The first-order valence-corrected chi connectivity index (χ1v) is 18.3. The highest BCUT2D eigenvalue weighted by Crippen LogP contribution is 2.22. The standard InChI is InChI=1S/C19H25ClN4O2.C10H7ClN2O.C9H18N2O2/c1-19(2,3)26-18(25)23-11-9-22(10-12-23)14-15-5-6-16(20)13-17(15)24-8-4-7-21-24;11-9-3-2-8(7-14)10(6-9)13-5-1-4-12-13;1-9(2,3)13-8(12)11-6-4-10-5-7-11/h4-8,13H,9-12,14H2,1-3H3;1-7H;10H,4-7H2,1-3H3. The number of nitrogens with zero attached hydrogens (tertiary/aromatic N) is 7. The molecule has 2 aliphatic rings. The van der Waals surface area contributed by atoms with E-state index >= 15 is 0 Å². The molecule has 2 aromatic carbocycles. The Morgan fingerprint density at radius 1 is 0.736 bits per heavy atom. The molecule has 1 N–H and O–H groups in total. The Hall–Kier alpha value is -4.43. The lowest BCUT2D eigenvalue weighted by Gasteiger charge is -2.35. The van der Waals surface area contributed by atoms with Crippen molar-refractivity contribution in [3.63, 3.8) is 0 Å². The van der Waals surface area contributed by atoms with E-state index in [4.69, 9.17) is 32.7 Å². The van der Waals surface area contributed by atoms with E-state index in [1.807, 2.05) is 76.7 Å². The average Bonchev–Trinajstić information content (AvgIpc) is 3.85. The maximum Gasteiger partial charge on any atom is 0.410 e. The topological polar surface area (TPSA) is 127 Å². The van der Waals surface area contributed by atoms with Crippen molar-refractivity contribution < 1.29 is 23.9 Å². The van der Waals surface area contributed by atoms with Crippen LogP contribution in [0.1, 0.15) is 57.5 Å². The first-order valence-electron chi connectivity index (χ1n) is 17.5. The summed E-state index contributed by atoms with van der Waals surface area (Å²) in [7, 11) is 0. The van der Waals surface area contributed by atoms with Crippen molar-refractivity contribution in [2.24, 2.45) is 0 Å². The van der Waals surface area contributed by atoms with E-state index in [2.05, 4.69) is 20.4 Å². The number of aromatic nitrogens is 4. The number of aldehydes is 1. The molecule has 2 fully saturated rings. The van der Waals surface area contributed by atoms with Gasteiger partial charge in [-0.2, -0.15) is 10.2 Å². The SMILES string of the molecule is CC(C)(C)OC(=O)N1CCN(Cc2ccc(Cl)cc2-n2cccn2)CC1.CC(C)(C)OC(=O)N1CCNCC1.O=Cc1ccc(Cl)cc1-n1cccn1. The van der Waals surface area contributed by atoms with E-state index in [1.54, 1.807) is 57.3 Å². The molecule has 13 nitrogen and oxygen atoms in total. The van der Waals surface area contributed by atoms with Gasteiger partial charge in [0.2, 0.25) is 0 Å². The Labute approximate surface area is 321 Å². The zero-order valence-corrected chi connectivity index (χ0v) is 32.8. The summed E-state index contributed by atoms with van der Waals surface area (Å²) in [5.41, 5.74) is 2.55. The average molecular weight is 770 g/mol. The van der Waals surface area contributed by atoms with E-state index in [-0.39, 0.29) is 17.8 Å². The predicted molar refractivity (Wildman–Crippen MR) is 206 cm³/mol. The molecule has 15 heteroatoms. The zero-order valence-electron chi connectivity index (χ0n) is 31.3. The van der Waals surface area contributed by atoms with Gasteiger partial charge in [-0.15, -0.1) is 0 Å². The van der Waals surface area contributed by atoms with Gasteiger partial charge < -0.3 is 24.6 Å². The number of halogens is 2. The molecule has 6 rings (SSSR count). The third-order valence-electron chi connectivity index (χ3n) is 7.86. The Bertz CT molecular complexity index is 1760. The second-order valence-corrected chi connectivity index (χ2v) is 15.3.